The molecule has 0 bridgehead atoms. The summed E-state index contributed by atoms with van der Waals surface area (Å²) < 4.78 is 25.0. The number of aryl methyl sites for hydroxylation is 1. The maximum Gasteiger partial charge on any atom is 0.251 e. The Morgan fingerprint density at radius 2 is 1.97 bits per heavy atom. The molecule has 0 atom stereocenters. The van der Waals surface area contributed by atoms with Crippen LogP contribution >= 0.6 is 0 Å². The highest BCUT2D eigenvalue weighted by Crippen LogP contribution is 2.36. The average molecular weight is 469 g/mol. The van der Waals surface area contributed by atoms with Crippen LogP contribution in [0.1, 0.15) is 25.7 Å². The van der Waals surface area contributed by atoms with Crippen molar-refractivity contribution in [2.24, 2.45) is 0 Å². The highest BCUT2D eigenvalue weighted by molar-refractivity contribution is 7.91. The zero-order valence-corrected chi connectivity index (χ0v) is 20.1. The van der Waals surface area contributed by atoms with E-state index in [9.17, 15) is 13.2 Å². The second kappa shape index (κ2) is 8.96. The third-order valence-corrected chi connectivity index (χ3v) is 7.41. The van der Waals surface area contributed by atoms with Crippen LogP contribution in [0.4, 0.5) is 0 Å². The summed E-state index contributed by atoms with van der Waals surface area (Å²) in [7, 11) is 0.535. The first kappa shape index (κ1) is 22.9. The molecule has 0 unspecified atom stereocenters. The van der Waals surface area contributed by atoms with Crippen molar-refractivity contribution in [2.75, 3.05) is 32.9 Å². The van der Waals surface area contributed by atoms with Crippen LogP contribution in [-0.2, 0) is 9.84 Å². The monoisotopic (exact) mass is 468 g/mol. The van der Waals surface area contributed by atoms with E-state index in [1.807, 2.05) is 50.2 Å². The van der Waals surface area contributed by atoms with Crippen LogP contribution in [0.2, 0.25) is 0 Å². The lowest BCUT2D eigenvalue weighted by molar-refractivity contribution is 0.0951. The molecule has 0 aliphatic rings. The summed E-state index contributed by atoms with van der Waals surface area (Å²) >= 11 is 0. The highest BCUT2D eigenvalue weighted by Gasteiger charge is 2.18. The summed E-state index contributed by atoms with van der Waals surface area (Å²) in [6.07, 6.45) is 1.79. The zero-order valence-electron chi connectivity index (χ0n) is 19.3. The number of amides is 1. The van der Waals surface area contributed by atoms with Crippen LogP contribution in [0.5, 0.6) is 0 Å². The van der Waals surface area contributed by atoms with Gasteiger partial charge in [-0.05, 0) is 68.0 Å². The Labute approximate surface area is 196 Å². The minimum absolute atomic E-state index is 0. The van der Waals surface area contributed by atoms with E-state index in [0.29, 0.717) is 12.1 Å². The predicted octanol–water partition coefficient (Wildman–Crippen LogP) is 4.27. The fourth-order valence-electron chi connectivity index (χ4n) is 3.90. The molecule has 0 fully saturated rings. The largest absolute Gasteiger partial charge is 0.351 e. The van der Waals surface area contributed by atoms with Crippen molar-refractivity contribution in [1.82, 2.24) is 20.2 Å². The van der Waals surface area contributed by atoms with E-state index in [0.717, 1.165) is 45.2 Å². The zero-order chi connectivity index (χ0) is 23.8. The van der Waals surface area contributed by atoms with E-state index < -0.39 is 9.84 Å². The van der Waals surface area contributed by atoms with Gasteiger partial charge in [0.2, 0.25) is 0 Å². The van der Waals surface area contributed by atoms with Gasteiger partial charge in [0.15, 0.2) is 9.84 Å². The number of likely N-dealkylation sites (N-methyl/N-ethyl adjacent to an activating group) is 1. The van der Waals surface area contributed by atoms with Gasteiger partial charge in [-0.1, -0.05) is 19.1 Å². The van der Waals surface area contributed by atoms with E-state index in [-0.39, 0.29) is 19.4 Å². The van der Waals surface area contributed by atoms with Gasteiger partial charge in [0.1, 0.15) is 5.65 Å². The molecular weight excluding hydrogens is 436 g/mol. The SMILES string of the molecule is CCS(=O)(=O)c1cccc(-c2cc(C(=O)NCCN(C)C)cc3[nH]c4ncc(C)cc4c23)c1.[HH].[HH]. The van der Waals surface area contributed by atoms with Crippen molar-refractivity contribution < 1.29 is 16.1 Å². The summed E-state index contributed by atoms with van der Waals surface area (Å²) in [5.41, 5.74) is 4.55. The molecule has 2 aromatic heterocycles. The van der Waals surface area contributed by atoms with Gasteiger partial charge < -0.3 is 15.2 Å². The van der Waals surface area contributed by atoms with Gasteiger partial charge in [0.05, 0.1) is 10.6 Å². The van der Waals surface area contributed by atoms with Crippen LogP contribution in [0.25, 0.3) is 33.1 Å². The summed E-state index contributed by atoms with van der Waals surface area (Å²) in [6, 6.07) is 12.6. The Bertz CT molecular complexity index is 1470. The number of hydrogen-bond acceptors (Lipinski definition) is 5. The number of carbonyl (C=O) groups is 1. The molecule has 33 heavy (non-hydrogen) atoms. The number of nitrogens with zero attached hydrogens (tertiary/aromatic N) is 2. The molecule has 2 heterocycles. The van der Waals surface area contributed by atoms with Crippen molar-refractivity contribution in [2.45, 2.75) is 18.7 Å². The molecule has 0 aliphatic heterocycles. The number of H-pyrrole nitrogens is 1. The number of benzene rings is 2. The third kappa shape index (κ3) is 4.62. The number of sulfone groups is 1. The number of rotatable bonds is 7. The summed E-state index contributed by atoms with van der Waals surface area (Å²) in [6.45, 7) is 4.86. The van der Waals surface area contributed by atoms with Crippen LogP contribution < -0.4 is 5.32 Å². The van der Waals surface area contributed by atoms with Crippen molar-refractivity contribution in [1.29, 1.82) is 0 Å². The van der Waals surface area contributed by atoms with Crippen LogP contribution in [0.15, 0.2) is 53.6 Å². The smallest absolute Gasteiger partial charge is 0.251 e. The standard InChI is InChI=1S/C25H28N4O3S.2H2/c1-5-33(31,32)19-8-6-7-17(12-19)20-13-18(25(30)26-9-10-29(3)4)14-22-23(20)21-11-16(2)15-27-24(21)28-22;;/h6-8,11-15H,5,9-10H2,1-4H3,(H,26,30)(H,27,28);2*1H. The molecule has 0 spiro atoms. The first-order valence-electron chi connectivity index (χ1n) is 10.9. The van der Waals surface area contributed by atoms with Crippen molar-refractivity contribution in [3.05, 3.63) is 59.8 Å². The second-order valence-electron chi connectivity index (χ2n) is 8.47. The van der Waals surface area contributed by atoms with Crippen molar-refractivity contribution >= 4 is 37.7 Å². The Balaban J connectivity index is 0.00000216. The third-order valence-electron chi connectivity index (χ3n) is 5.68. The molecular formula is C25H32N4O3S. The number of fused-ring (bicyclic) bond motifs is 3. The lowest BCUT2D eigenvalue weighted by Gasteiger charge is -2.12. The molecule has 2 aromatic carbocycles. The Hall–Kier alpha value is -3.23. The molecule has 0 aliphatic carbocycles. The molecule has 7 nitrogen and oxygen atoms in total. The maximum absolute atomic E-state index is 12.9. The molecule has 4 rings (SSSR count). The van der Waals surface area contributed by atoms with Gasteiger partial charge in [-0.2, -0.15) is 0 Å². The van der Waals surface area contributed by atoms with Crippen LogP contribution in [0, 0.1) is 6.92 Å². The van der Waals surface area contributed by atoms with E-state index >= 15 is 0 Å². The number of carbonyl (C=O) groups excluding carboxylic acids is 1. The lowest BCUT2D eigenvalue weighted by Crippen LogP contribution is -2.31. The van der Waals surface area contributed by atoms with Crippen molar-refractivity contribution in [3.8, 4) is 11.1 Å². The Morgan fingerprint density at radius 3 is 2.70 bits per heavy atom. The quantitative estimate of drug-likeness (QED) is 0.422. The van der Waals surface area contributed by atoms with Crippen LogP contribution in [0.3, 0.4) is 0 Å². The number of pyridine rings is 1. The van der Waals surface area contributed by atoms with E-state index in [1.165, 1.54) is 0 Å². The van der Waals surface area contributed by atoms with Gasteiger partial charge in [-0.3, -0.25) is 4.79 Å². The first-order chi connectivity index (χ1) is 15.7. The normalized spacial score (nSPS) is 12.0. The van der Waals surface area contributed by atoms with Gasteiger partial charge in [-0.25, -0.2) is 13.4 Å². The van der Waals surface area contributed by atoms with Crippen molar-refractivity contribution in [3.63, 3.8) is 0 Å². The predicted molar refractivity (Wildman–Crippen MR) is 137 cm³/mol. The fraction of sp³-hybridized carbons (Fsp3) is 0.280. The number of hydrogen-bond donors (Lipinski definition) is 2. The van der Waals surface area contributed by atoms with Gasteiger partial charge in [0.25, 0.3) is 5.91 Å². The minimum Gasteiger partial charge on any atom is -0.351 e. The fourth-order valence-corrected chi connectivity index (χ4v) is 4.82. The van der Waals surface area contributed by atoms with Crippen LogP contribution in [-0.4, -0.2) is 62.1 Å². The van der Waals surface area contributed by atoms with E-state index in [4.69, 9.17) is 0 Å². The summed E-state index contributed by atoms with van der Waals surface area (Å²) in [5.74, 6) is -0.156. The average Bonchev–Trinajstić information content (AvgIpc) is 3.16. The molecule has 0 saturated heterocycles. The number of aromatic nitrogens is 2. The highest BCUT2D eigenvalue weighted by atomic mass is 32.2. The summed E-state index contributed by atoms with van der Waals surface area (Å²) in [4.78, 5) is 23.0. The molecule has 8 heteroatoms. The maximum atomic E-state index is 12.9. The lowest BCUT2D eigenvalue weighted by atomic mass is 9.97. The second-order valence-corrected chi connectivity index (χ2v) is 10.7. The molecule has 0 radical (unpaired) electrons. The van der Waals surface area contributed by atoms with Gasteiger partial charge in [-0.15, -0.1) is 0 Å². The Kier molecular flexibility index (Phi) is 6.23. The Morgan fingerprint density at radius 1 is 1.18 bits per heavy atom. The first-order valence-corrected chi connectivity index (χ1v) is 12.5. The molecule has 2 N–H and O–H groups in total. The molecule has 4 aromatic rings. The number of nitrogens with one attached hydrogen (secondary N) is 2. The van der Waals surface area contributed by atoms with Gasteiger partial charge >= 0.3 is 0 Å². The molecule has 0 saturated carbocycles. The topological polar surface area (TPSA) is 95.2 Å². The molecule has 176 valence electrons. The molecule has 1 amide bonds. The van der Waals surface area contributed by atoms with E-state index in [2.05, 4.69) is 15.3 Å². The number of aromatic amines is 1. The van der Waals surface area contributed by atoms with Gasteiger partial charge in [0, 0.05) is 44.0 Å². The minimum atomic E-state index is -3.37. The summed E-state index contributed by atoms with van der Waals surface area (Å²) in [5, 5.41) is 4.80. The van der Waals surface area contributed by atoms with E-state index in [1.54, 1.807) is 31.3 Å².